The van der Waals surface area contributed by atoms with Crippen molar-refractivity contribution in [3.8, 4) is 0 Å². The molecule has 0 radical (unpaired) electrons. The molecule has 1 amide bonds. The van der Waals surface area contributed by atoms with Gasteiger partial charge in [0.25, 0.3) is 5.91 Å². The Balaban J connectivity index is 1.84. The van der Waals surface area contributed by atoms with Crippen LogP contribution in [-0.2, 0) is 6.42 Å². The Hall–Kier alpha value is -1.51. The molecule has 1 aromatic carbocycles. The van der Waals surface area contributed by atoms with Crippen molar-refractivity contribution < 1.29 is 4.79 Å². The summed E-state index contributed by atoms with van der Waals surface area (Å²) in [7, 11) is 0. The maximum absolute atomic E-state index is 12.7. The number of amides is 1. The van der Waals surface area contributed by atoms with Crippen molar-refractivity contribution >= 4 is 11.6 Å². The highest BCUT2D eigenvalue weighted by atomic mass is 16.2. The van der Waals surface area contributed by atoms with E-state index in [0.29, 0.717) is 5.92 Å². The second-order valence-corrected chi connectivity index (χ2v) is 5.68. The van der Waals surface area contributed by atoms with Gasteiger partial charge >= 0.3 is 0 Å². The molecule has 0 aliphatic carbocycles. The standard InChI is InChI=1S/C16H22N2O/c1-2-12-8-10-18(11-12)16(19)14-5-3-7-15-13(14)6-4-9-17-15/h3,5,7,12,17H,2,4,6,8-11H2,1H3. The van der Waals surface area contributed by atoms with Gasteiger partial charge in [-0.1, -0.05) is 19.4 Å². The summed E-state index contributed by atoms with van der Waals surface area (Å²) < 4.78 is 0. The largest absolute Gasteiger partial charge is 0.385 e. The number of fused-ring (bicyclic) bond motifs is 1. The first kappa shape index (κ1) is 12.5. The molecule has 1 saturated heterocycles. The second kappa shape index (κ2) is 5.24. The topological polar surface area (TPSA) is 32.3 Å². The molecule has 0 bridgehead atoms. The zero-order chi connectivity index (χ0) is 13.2. The monoisotopic (exact) mass is 258 g/mol. The van der Waals surface area contributed by atoms with Crippen LogP contribution in [0.25, 0.3) is 0 Å². The third-order valence-electron chi connectivity index (χ3n) is 4.48. The molecule has 1 unspecified atom stereocenters. The lowest BCUT2D eigenvalue weighted by molar-refractivity contribution is 0.0786. The summed E-state index contributed by atoms with van der Waals surface area (Å²) in [5, 5.41) is 3.40. The molecule has 0 spiro atoms. The minimum Gasteiger partial charge on any atom is -0.385 e. The predicted molar refractivity (Wildman–Crippen MR) is 77.6 cm³/mol. The summed E-state index contributed by atoms with van der Waals surface area (Å²) in [6, 6.07) is 6.08. The third kappa shape index (κ3) is 2.34. The Kier molecular flexibility index (Phi) is 3.45. The number of hydrogen-bond acceptors (Lipinski definition) is 2. The van der Waals surface area contributed by atoms with E-state index in [0.717, 1.165) is 50.1 Å². The van der Waals surface area contributed by atoms with Crippen LogP contribution in [0.2, 0.25) is 0 Å². The first-order valence-electron chi connectivity index (χ1n) is 7.44. The van der Waals surface area contributed by atoms with Crippen LogP contribution in [0, 0.1) is 5.92 Å². The number of hydrogen-bond donors (Lipinski definition) is 1. The zero-order valence-corrected chi connectivity index (χ0v) is 11.6. The van der Waals surface area contributed by atoms with Crippen molar-refractivity contribution in [2.75, 3.05) is 25.0 Å². The second-order valence-electron chi connectivity index (χ2n) is 5.68. The lowest BCUT2D eigenvalue weighted by Crippen LogP contribution is -2.30. The molecular formula is C16H22N2O. The van der Waals surface area contributed by atoms with E-state index < -0.39 is 0 Å². The molecule has 19 heavy (non-hydrogen) atoms. The molecule has 0 aromatic heterocycles. The molecule has 3 nitrogen and oxygen atoms in total. The minimum absolute atomic E-state index is 0.233. The fourth-order valence-corrected chi connectivity index (χ4v) is 3.23. The average Bonchev–Trinajstić information content (AvgIpc) is 2.95. The van der Waals surface area contributed by atoms with E-state index in [1.54, 1.807) is 0 Å². The summed E-state index contributed by atoms with van der Waals surface area (Å²) in [4.78, 5) is 14.7. The van der Waals surface area contributed by atoms with Gasteiger partial charge in [0.2, 0.25) is 0 Å². The predicted octanol–water partition coefficient (Wildman–Crippen LogP) is 2.92. The normalized spacial score (nSPS) is 21.9. The van der Waals surface area contributed by atoms with Crippen LogP contribution in [0.3, 0.4) is 0 Å². The highest BCUT2D eigenvalue weighted by Gasteiger charge is 2.27. The Morgan fingerprint density at radius 2 is 2.37 bits per heavy atom. The number of rotatable bonds is 2. The van der Waals surface area contributed by atoms with Gasteiger partial charge in [0, 0.05) is 30.9 Å². The van der Waals surface area contributed by atoms with Gasteiger partial charge in [-0.25, -0.2) is 0 Å². The smallest absolute Gasteiger partial charge is 0.254 e. The van der Waals surface area contributed by atoms with Crippen molar-refractivity contribution in [2.24, 2.45) is 5.92 Å². The molecule has 1 fully saturated rings. The summed E-state index contributed by atoms with van der Waals surface area (Å²) >= 11 is 0. The lowest BCUT2D eigenvalue weighted by atomic mass is 9.97. The first-order valence-corrected chi connectivity index (χ1v) is 7.44. The number of likely N-dealkylation sites (tertiary alicyclic amines) is 1. The van der Waals surface area contributed by atoms with E-state index in [1.807, 2.05) is 17.0 Å². The van der Waals surface area contributed by atoms with Gasteiger partial charge in [-0.3, -0.25) is 4.79 Å². The van der Waals surface area contributed by atoms with Crippen molar-refractivity contribution in [3.05, 3.63) is 29.3 Å². The van der Waals surface area contributed by atoms with Crippen LogP contribution in [-0.4, -0.2) is 30.4 Å². The SMILES string of the molecule is CCC1CCN(C(=O)c2cccc3c2CCCN3)C1. The molecule has 2 aliphatic rings. The number of nitrogens with one attached hydrogen (secondary N) is 1. The summed E-state index contributed by atoms with van der Waals surface area (Å²) in [6.45, 7) is 5.10. The Labute approximate surface area is 115 Å². The molecule has 1 atom stereocenters. The Morgan fingerprint density at radius 1 is 1.47 bits per heavy atom. The molecule has 3 heteroatoms. The van der Waals surface area contributed by atoms with Crippen LogP contribution >= 0.6 is 0 Å². The number of anilines is 1. The molecular weight excluding hydrogens is 236 g/mol. The molecule has 0 saturated carbocycles. The molecule has 1 aromatic rings. The van der Waals surface area contributed by atoms with E-state index in [-0.39, 0.29) is 5.91 Å². The van der Waals surface area contributed by atoms with Crippen LogP contribution in [0.4, 0.5) is 5.69 Å². The summed E-state index contributed by atoms with van der Waals surface area (Å²) in [5.41, 5.74) is 3.29. The van der Waals surface area contributed by atoms with Crippen molar-refractivity contribution in [1.82, 2.24) is 4.90 Å². The lowest BCUT2D eigenvalue weighted by Gasteiger charge is -2.23. The van der Waals surface area contributed by atoms with Crippen molar-refractivity contribution in [2.45, 2.75) is 32.6 Å². The molecule has 3 rings (SSSR count). The first-order chi connectivity index (χ1) is 9.29. The molecule has 1 N–H and O–H groups in total. The molecule has 2 heterocycles. The molecule has 102 valence electrons. The fourth-order valence-electron chi connectivity index (χ4n) is 3.23. The van der Waals surface area contributed by atoms with E-state index >= 15 is 0 Å². The van der Waals surface area contributed by atoms with Crippen molar-refractivity contribution in [3.63, 3.8) is 0 Å². The summed E-state index contributed by atoms with van der Waals surface area (Å²) in [6.07, 6.45) is 4.48. The van der Waals surface area contributed by atoms with Crippen molar-refractivity contribution in [1.29, 1.82) is 0 Å². The van der Waals surface area contributed by atoms with Gasteiger partial charge in [0.15, 0.2) is 0 Å². The highest BCUT2D eigenvalue weighted by molar-refractivity contribution is 5.97. The Morgan fingerprint density at radius 3 is 3.16 bits per heavy atom. The van der Waals surface area contributed by atoms with E-state index in [2.05, 4.69) is 18.3 Å². The maximum atomic E-state index is 12.7. The van der Waals surface area contributed by atoms with Gasteiger partial charge < -0.3 is 10.2 Å². The molecule has 2 aliphatic heterocycles. The summed E-state index contributed by atoms with van der Waals surface area (Å²) in [5.74, 6) is 0.929. The number of benzene rings is 1. The van der Waals surface area contributed by atoms with Gasteiger partial charge in [0.1, 0.15) is 0 Å². The van der Waals surface area contributed by atoms with Gasteiger partial charge in [-0.05, 0) is 42.9 Å². The highest BCUT2D eigenvalue weighted by Crippen LogP contribution is 2.28. The average molecular weight is 258 g/mol. The quantitative estimate of drug-likeness (QED) is 0.884. The number of nitrogens with zero attached hydrogens (tertiary/aromatic N) is 1. The van der Waals surface area contributed by atoms with Gasteiger partial charge in [-0.15, -0.1) is 0 Å². The minimum atomic E-state index is 0.233. The number of carbonyl (C=O) groups excluding carboxylic acids is 1. The van der Waals surface area contributed by atoms with Gasteiger partial charge in [-0.2, -0.15) is 0 Å². The van der Waals surface area contributed by atoms with E-state index in [1.165, 1.54) is 12.0 Å². The number of carbonyl (C=O) groups is 1. The maximum Gasteiger partial charge on any atom is 0.254 e. The van der Waals surface area contributed by atoms with E-state index in [4.69, 9.17) is 0 Å². The van der Waals surface area contributed by atoms with Crippen LogP contribution in [0.5, 0.6) is 0 Å². The third-order valence-corrected chi connectivity index (χ3v) is 4.48. The van der Waals surface area contributed by atoms with Gasteiger partial charge in [0.05, 0.1) is 0 Å². The van der Waals surface area contributed by atoms with Crippen LogP contribution in [0.15, 0.2) is 18.2 Å². The van der Waals surface area contributed by atoms with Crippen LogP contribution in [0.1, 0.15) is 42.1 Å². The van der Waals surface area contributed by atoms with E-state index in [9.17, 15) is 4.79 Å². The fraction of sp³-hybridized carbons (Fsp3) is 0.562. The van der Waals surface area contributed by atoms with Crippen LogP contribution < -0.4 is 5.32 Å². The Bertz CT molecular complexity index is 484. The zero-order valence-electron chi connectivity index (χ0n) is 11.6.